The van der Waals surface area contributed by atoms with Crippen LogP contribution >= 0.6 is 0 Å². The van der Waals surface area contributed by atoms with Gasteiger partial charge in [0.2, 0.25) is 0 Å². The minimum Gasteiger partial charge on any atom is -0.453 e. The molecule has 1 aliphatic rings. The Hall–Kier alpha value is -6.64. The van der Waals surface area contributed by atoms with E-state index in [1.807, 2.05) is 0 Å². The summed E-state index contributed by atoms with van der Waals surface area (Å²) in [5, 5.41) is 2.27. The molecule has 0 radical (unpaired) electrons. The van der Waals surface area contributed by atoms with E-state index in [4.69, 9.17) is 4.42 Å². The molecule has 0 aliphatic heterocycles. The zero-order chi connectivity index (χ0) is 34.6. The molecular weight excluding hydrogens is 631 g/mol. The second-order valence-corrected chi connectivity index (χ2v) is 13.7. The van der Waals surface area contributed by atoms with Crippen LogP contribution in [0.3, 0.4) is 0 Å². The van der Waals surface area contributed by atoms with E-state index in [9.17, 15) is 0 Å². The van der Waals surface area contributed by atoms with Gasteiger partial charge in [0, 0.05) is 27.7 Å². The molecular formula is C50H35NO. The highest BCUT2D eigenvalue weighted by Gasteiger charge is 2.45. The SMILES string of the molecule is Cc1ccc(N(c2ccccc2)c2ccc(C3(c4ccccc4)c4ccccc4-c4ccccc43)cc2)c2oc3c(-c4ccccc4)cccc3c12. The molecule has 1 aliphatic carbocycles. The van der Waals surface area contributed by atoms with Crippen LogP contribution in [0.1, 0.15) is 27.8 Å². The van der Waals surface area contributed by atoms with Gasteiger partial charge in [-0.2, -0.15) is 0 Å². The topological polar surface area (TPSA) is 16.4 Å². The number of furan rings is 1. The van der Waals surface area contributed by atoms with Gasteiger partial charge in [-0.25, -0.2) is 0 Å². The van der Waals surface area contributed by atoms with Crippen molar-refractivity contribution in [2.24, 2.45) is 0 Å². The Morgan fingerprint density at radius 3 is 1.63 bits per heavy atom. The highest BCUT2D eigenvalue weighted by atomic mass is 16.3. The molecule has 0 amide bonds. The molecule has 10 rings (SSSR count). The average molecular weight is 666 g/mol. The fourth-order valence-electron chi connectivity index (χ4n) is 8.65. The van der Waals surface area contributed by atoms with Gasteiger partial charge in [0.15, 0.2) is 5.58 Å². The van der Waals surface area contributed by atoms with Gasteiger partial charge < -0.3 is 9.32 Å². The molecule has 0 spiro atoms. The number of benzene rings is 8. The molecule has 246 valence electrons. The number of hydrogen-bond acceptors (Lipinski definition) is 2. The first kappa shape index (κ1) is 30.2. The molecule has 0 unspecified atom stereocenters. The lowest BCUT2D eigenvalue weighted by atomic mass is 9.68. The van der Waals surface area contributed by atoms with Crippen molar-refractivity contribution in [3.63, 3.8) is 0 Å². The van der Waals surface area contributed by atoms with E-state index in [0.29, 0.717) is 0 Å². The fourth-order valence-corrected chi connectivity index (χ4v) is 8.65. The lowest BCUT2D eigenvalue weighted by Gasteiger charge is -2.34. The molecule has 0 saturated heterocycles. The number of fused-ring (bicyclic) bond motifs is 6. The number of hydrogen-bond donors (Lipinski definition) is 0. The Morgan fingerprint density at radius 1 is 0.423 bits per heavy atom. The van der Waals surface area contributed by atoms with Crippen LogP contribution in [0, 0.1) is 6.92 Å². The Morgan fingerprint density at radius 2 is 0.962 bits per heavy atom. The van der Waals surface area contributed by atoms with Gasteiger partial charge in [-0.3, -0.25) is 0 Å². The number of anilines is 3. The first-order valence-corrected chi connectivity index (χ1v) is 17.9. The second kappa shape index (κ2) is 12.0. The van der Waals surface area contributed by atoms with Gasteiger partial charge in [-0.1, -0.05) is 164 Å². The predicted molar refractivity (Wildman–Crippen MR) is 216 cm³/mol. The van der Waals surface area contributed by atoms with Crippen molar-refractivity contribution in [3.05, 3.63) is 222 Å². The molecule has 0 saturated carbocycles. The average Bonchev–Trinajstić information content (AvgIpc) is 3.76. The maximum atomic E-state index is 6.99. The normalized spacial score (nSPS) is 12.9. The molecule has 9 aromatic rings. The summed E-state index contributed by atoms with van der Waals surface area (Å²) in [7, 11) is 0. The predicted octanol–water partition coefficient (Wildman–Crippen LogP) is 13.4. The van der Waals surface area contributed by atoms with Crippen molar-refractivity contribution in [2.75, 3.05) is 4.90 Å². The van der Waals surface area contributed by atoms with Crippen LogP contribution < -0.4 is 4.90 Å². The first-order chi connectivity index (χ1) is 25.7. The van der Waals surface area contributed by atoms with E-state index in [0.717, 1.165) is 50.1 Å². The Labute approximate surface area is 303 Å². The molecule has 1 aromatic heterocycles. The molecule has 8 aromatic carbocycles. The van der Waals surface area contributed by atoms with Crippen molar-refractivity contribution in [2.45, 2.75) is 12.3 Å². The van der Waals surface area contributed by atoms with Crippen LogP contribution in [0.4, 0.5) is 17.1 Å². The maximum absolute atomic E-state index is 6.99. The molecule has 0 bridgehead atoms. The van der Waals surface area contributed by atoms with E-state index in [1.165, 1.54) is 38.9 Å². The number of nitrogens with zero attached hydrogens (tertiary/aromatic N) is 1. The fraction of sp³-hybridized carbons (Fsp3) is 0.0400. The first-order valence-electron chi connectivity index (χ1n) is 17.9. The van der Waals surface area contributed by atoms with Crippen LogP contribution in [0.25, 0.3) is 44.2 Å². The highest BCUT2D eigenvalue weighted by Crippen LogP contribution is 2.56. The molecule has 0 fully saturated rings. The van der Waals surface area contributed by atoms with E-state index in [1.54, 1.807) is 0 Å². The quantitative estimate of drug-likeness (QED) is 0.176. The summed E-state index contributed by atoms with van der Waals surface area (Å²) in [4.78, 5) is 2.34. The molecule has 2 heteroatoms. The van der Waals surface area contributed by atoms with Gasteiger partial charge in [-0.05, 0) is 81.8 Å². The third-order valence-corrected chi connectivity index (χ3v) is 10.9. The van der Waals surface area contributed by atoms with Gasteiger partial charge in [0.1, 0.15) is 5.58 Å². The van der Waals surface area contributed by atoms with Gasteiger partial charge in [0.05, 0.1) is 11.1 Å². The minimum absolute atomic E-state index is 0.450. The number of para-hydroxylation sites is 2. The van der Waals surface area contributed by atoms with Gasteiger partial charge in [0.25, 0.3) is 0 Å². The smallest absolute Gasteiger partial charge is 0.159 e. The summed E-state index contributed by atoms with van der Waals surface area (Å²) in [6.45, 7) is 2.18. The second-order valence-electron chi connectivity index (χ2n) is 13.7. The van der Waals surface area contributed by atoms with E-state index >= 15 is 0 Å². The Kier molecular flexibility index (Phi) is 6.97. The summed E-state index contributed by atoms with van der Waals surface area (Å²) in [6, 6.07) is 70.0. The van der Waals surface area contributed by atoms with Crippen molar-refractivity contribution in [1.82, 2.24) is 0 Å². The molecule has 1 heterocycles. The monoisotopic (exact) mass is 665 g/mol. The summed E-state index contributed by atoms with van der Waals surface area (Å²) in [5.41, 5.74) is 15.6. The third kappa shape index (κ3) is 4.44. The van der Waals surface area contributed by atoms with Crippen LogP contribution in [0.2, 0.25) is 0 Å². The van der Waals surface area contributed by atoms with Crippen molar-refractivity contribution < 1.29 is 4.42 Å². The highest BCUT2D eigenvalue weighted by molar-refractivity contribution is 6.15. The van der Waals surface area contributed by atoms with Crippen LogP contribution in [0.15, 0.2) is 199 Å². The molecule has 0 atom stereocenters. The summed E-state index contributed by atoms with van der Waals surface area (Å²) in [6.07, 6.45) is 0. The van der Waals surface area contributed by atoms with E-state index in [2.05, 4.69) is 206 Å². The number of rotatable bonds is 6. The van der Waals surface area contributed by atoms with Crippen molar-refractivity contribution >= 4 is 39.0 Å². The summed E-state index contributed by atoms with van der Waals surface area (Å²) < 4.78 is 6.99. The van der Waals surface area contributed by atoms with Crippen LogP contribution in [-0.2, 0) is 5.41 Å². The maximum Gasteiger partial charge on any atom is 0.159 e. The van der Waals surface area contributed by atoms with E-state index in [-0.39, 0.29) is 0 Å². The number of aryl methyl sites for hydroxylation is 1. The summed E-state index contributed by atoms with van der Waals surface area (Å²) >= 11 is 0. The zero-order valence-electron chi connectivity index (χ0n) is 28.8. The van der Waals surface area contributed by atoms with Crippen LogP contribution in [0.5, 0.6) is 0 Å². The van der Waals surface area contributed by atoms with Gasteiger partial charge >= 0.3 is 0 Å². The Bertz CT molecular complexity index is 2680. The standard InChI is InChI=1S/C50H35NO/c1-34-28-33-46(49-47(34)43-25-15-24-40(48(43)52-49)35-16-5-2-6-17-35)51(38-20-9-4-10-21-38)39-31-29-37(30-32-39)50(36-18-7-3-8-19-36)44-26-13-11-22-41(44)42-23-12-14-27-45(42)50/h2-33H,1H3. The molecule has 52 heavy (non-hydrogen) atoms. The molecule has 2 nitrogen and oxygen atoms in total. The molecule has 0 N–H and O–H groups in total. The summed E-state index contributed by atoms with van der Waals surface area (Å²) in [5.74, 6) is 0. The van der Waals surface area contributed by atoms with E-state index < -0.39 is 5.41 Å². The van der Waals surface area contributed by atoms with Gasteiger partial charge in [-0.15, -0.1) is 0 Å². The van der Waals surface area contributed by atoms with Crippen molar-refractivity contribution in [1.29, 1.82) is 0 Å². The van der Waals surface area contributed by atoms with Crippen LogP contribution in [-0.4, -0.2) is 0 Å². The lowest BCUT2D eigenvalue weighted by molar-refractivity contribution is 0.670. The minimum atomic E-state index is -0.450. The lowest BCUT2D eigenvalue weighted by Crippen LogP contribution is -2.28. The third-order valence-electron chi connectivity index (χ3n) is 10.9. The Balaban J connectivity index is 1.19. The largest absolute Gasteiger partial charge is 0.453 e. The zero-order valence-corrected chi connectivity index (χ0v) is 28.8. The van der Waals surface area contributed by atoms with Crippen molar-refractivity contribution in [3.8, 4) is 22.3 Å².